The Hall–Kier alpha value is -3.23. The van der Waals surface area contributed by atoms with Gasteiger partial charge in [-0.05, 0) is 48.6 Å². The summed E-state index contributed by atoms with van der Waals surface area (Å²) in [6.07, 6.45) is 11.7. The summed E-state index contributed by atoms with van der Waals surface area (Å²) in [5, 5.41) is 8.38. The van der Waals surface area contributed by atoms with Gasteiger partial charge in [-0.3, -0.25) is 9.38 Å². The molecule has 4 aromatic rings. The number of allylic oxidation sites excluding steroid dienone is 2. The van der Waals surface area contributed by atoms with Gasteiger partial charge < -0.3 is 10.6 Å². The van der Waals surface area contributed by atoms with Crippen molar-refractivity contribution >= 4 is 45.2 Å². The van der Waals surface area contributed by atoms with Crippen LogP contribution >= 0.6 is 23.1 Å². The van der Waals surface area contributed by atoms with Crippen LogP contribution in [0.2, 0.25) is 5.02 Å². The quantitative estimate of drug-likeness (QED) is 0.468. The number of dihydropyridines is 1. The van der Waals surface area contributed by atoms with E-state index in [1.807, 2.05) is 37.5 Å². The second-order valence-corrected chi connectivity index (χ2v) is 8.94. The van der Waals surface area contributed by atoms with Gasteiger partial charge in [0.25, 0.3) is 0 Å². The van der Waals surface area contributed by atoms with E-state index in [2.05, 4.69) is 46.6 Å². The van der Waals surface area contributed by atoms with Gasteiger partial charge in [0.2, 0.25) is 0 Å². The van der Waals surface area contributed by atoms with E-state index in [0.29, 0.717) is 23.3 Å². The van der Waals surface area contributed by atoms with E-state index < -0.39 is 0 Å². The fraction of sp³-hybridized carbons (Fsp3) is 0.182. The molecule has 1 atom stereocenters. The first kappa shape index (κ1) is 18.5. The summed E-state index contributed by atoms with van der Waals surface area (Å²) in [4.78, 5) is 13.7. The lowest BCUT2D eigenvalue weighted by Gasteiger charge is -2.10. The first-order valence-corrected chi connectivity index (χ1v) is 11.1. The number of pyridine rings is 1. The Labute approximate surface area is 187 Å². The number of imidazole rings is 1. The van der Waals surface area contributed by atoms with Crippen molar-refractivity contribution in [2.75, 3.05) is 5.32 Å². The van der Waals surface area contributed by atoms with Gasteiger partial charge in [0.15, 0.2) is 11.5 Å². The van der Waals surface area contributed by atoms with Crippen molar-refractivity contribution in [3.63, 3.8) is 0 Å². The lowest BCUT2D eigenvalue weighted by molar-refractivity contribution is 0.881. The van der Waals surface area contributed by atoms with Crippen molar-refractivity contribution < 1.29 is 0 Å². The van der Waals surface area contributed by atoms with Gasteiger partial charge in [-0.2, -0.15) is 4.37 Å². The Morgan fingerprint density at radius 1 is 1.35 bits per heavy atom. The van der Waals surface area contributed by atoms with Crippen molar-refractivity contribution in [3.05, 3.63) is 82.4 Å². The third kappa shape index (κ3) is 3.47. The molecule has 1 fully saturated rings. The lowest BCUT2D eigenvalue weighted by atomic mass is 10.1. The number of aryl methyl sites for hydroxylation is 1. The minimum atomic E-state index is 0.532. The van der Waals surface area contributed by atoms with E-state index in [-0.39, 0.29) is 0 Å². The molecular weight excluding hydrogens is 430 g/mol. The second-order valence-electron chi connectivity index (χ2n) is 7.73. The Bertz CT molecular complexity index is 1380. The molecule has 7 nitrogen and oxygen atoms in total. The molecule has 0 aromatic carbocycles. The van der Waals surface area contributed by atoms with Crippen LogP contribution in [-0.2, 0) is 6.42 Å². The van der Waals surface area contributed by atoms with Crippen LogP contribution in [-0.4, -0.2) is 29.8 Å². The molecule has 0 bridgehead atoms. The van der Waals surface area contributed by atoms with Gasteiger partial charge in [-0.1, -0.05) is 17.7 Å². The minimum Gasteiger partial charge on any atom is -0.384 e. The third-order valence-electron chi connectivity index (χ3n) is 5.40. The molecule has 2 N–H and O–H groups in total. The molecule has 5 heterocycles. The van der Waals surface area contributed by atoms with Crippen LogP contribution in [0.25, 0.3) is 11.2 Å². The zero-order valence-electron chi connectivity index (χ0n) is 16.6. The first-order chi connectivity index (χ1) is 15.1. The first-order valence-electron chi connectivity index (χ1n) is 9.98. The van der Waals surface area contributed by atoms with Gasteiger partial charge in [-0.25, -0.2) is 9.97 Å². The van der Waals surface area contributed by atoms with Crippen molar-refractivity contribution in [1.82, 2.24) is 29.0 Å². The molecule has 1 saturated carbocycles. The summed E-state index contributed by atoms with van der Waals surface area (Å²) < 4.78 is 6.63. The second kappa shape index (κ2) is 7.18. The molecule has 4 aromatic heterocycles. The number of nitrogens with one attached hydrogen (secondary N) is 2. The summed E-state index contributed by atoms with van der Waals surface area (Å²) in [7, 11) is 0. The molecule has 2 aliphatic rings. The molecule has 0 amide bonds. The topological polar surface area (TPSA) is 80.0 Å². The van der Waals surface area contributed by atoms with Crippen LogP contribution in [0.15, 0.2) is 54.6 Å². The highest BCUT2D eigenvalue weighted by Crippen LogP contribution is 2.36. The number of fused-ring (bicyclic) bond motifs is 2. The van der Waals surface area contributed by atoms with Crippen LogP contribution in [0, 0.1) is 6.92 Å². The molecule has 154 valence electrons. The van der Waals surface area contributed by atoms with Gasteiger partial charge in [0.05, 0.1) is 40.0 Å². The normalized spacial score (nSPS) is 17.0. The fourth-order valence-corrected chi connectivity index (χ4v) is 4.63. The molecule has 1 aliphatic heterocycles. The average molecular weight is 448 g/mol. The average Bonchev–Trinajstić information content (AvgIpc) is 3.20. The molecule has 1 unspecified atom stereocenters. The van der Waals surface area contributed by atoms with Gasteiger partial charge in [0, 0.05) is 30.6 Å². The molecule has 0 radical (unpaired) electrons. The van der Waals surface area contributed by atoms with E-state index in [1.165, 1.54) is 17.1 Å². The van der Waals surface area contributed by atoms with Crippen LogP contribution in [0.3, 0.4) is 0 Å². The standard InChI is InChI=1S/C22H18ClN7S/c1-12-11-30-19(14-5-13-6-17(13)25-9-14)10-26-22(30)21(27-12)28-20-8-15(29-31-20)7-18-16(23)3-2-4-24-18/h2-5,8-11,17,25H,6-7H2,1H3,(H,27,28). The van der Waals surface area contributed by atoms with Crippen molar-refractivity contribution in [3.8, 4) is 0 Å². The Balaban J connectivity index is 1.30. The zero-order chi connectivity index (χ0) is 20.9. The maximum Gasteiger partial charge on any atom is 0.180 e. The maximum atomic E-state index is 6.23. The summed E-state index contributed by atoms with van der Waals surface area (Å²) in [6, 6.07) is 6.21. The molecular formula is C22H18ClN7S. The molecule has 1 aliphatic carbocycles. The Kier molecular flexibility index (Phi) is 4.29. The maximum absolute atomic E-state index is 6.23. The smallest absolute Gasteiger partial charge is 0.180 e. The van der Waals surface area contributed by atoms with Gasteiger partial charge >= 0.3 is 0 Å². The van der Waals surface area contributed by atoms with Crippen LogP contribution in [0.5, 0.6) is 0 Å². The molecule has 0 spiro atoms. The SMILES string of the molecule is Cc1cn2c(C3=CNC4CC4=C3)cnc2c(Nc2cc(Cc3ncccc3Cl)ns2)n1. The number of anilines is 2. The number of aromatic nitrogens is 5. The number of halogens is 1. The monoisotopic (exact) mass is 447 g/mol. The van der Waals surface area contributed by atoms with E-state index in [4.69, 9.17) is 11.6 Å². The summed E-state index contributed by atoms with van der Waals surface area (Å²) >= 11 is 7.62. The number of rotatable bonds is 5. The third-order valence-corrected chi connectivity index (χ3v) is 6.49. The highest BCUT2D eigenvalue weighted by atomic mass is 35.5. The Morgan fingerprint density at radius 2 is 2.29 bits per heavy atom. The largest absolute Gasteiger partial charge is 0.384 e. The van der Waals surface area contributed by atoms with Crippen LogP contribution in [0.4, 0.5) is 10.8 Å². The predicted octanol–water partition coefficient (Wildman–Crippen LogP) is 4.52. The van der Waals surface area contributed by atoms with Crippen molar-refractivity contribution in [2.24, 2.45) is 0 Å². The van der Waals surface area contributed by atoms with Crippen molar-refractivity contribution in [1.29, 1.82) is 0 Å². The molecule has 9 heteroatoms. The summed E-state index contributed by atoms with van der Waals surface area (Å²) in [5.74, 6) is 0.707. The summed E-state index contributed by atoms with van der Waals surface area (Å²) in [5.41, 5.74) is 7.04. The molecule has 31 heavy (non-hydrogen) atoms. The molecule has 0 saturated heterocycles. The summed E-state index contributed by atoms with van der Waals surface area (Å²) in [6.45, 7) is 1.98. The lowest BCUT2D eigenvalue weighted by Crippen LogP contribution is -2.11. The zero-order valence-corrected chi connectivity index (χ0v) is 18.2. The van der Waals surface area contributed by atoms with Crippen LogP contribution in [0.1, 0.15) is 29.2 Å². The van der Waals surface area contributed by atoms with E-state index in [9.17, 15) is 0 Å². The van der Waals surface area contributed by atoms with E-state index in [1.54, 1.807) is 6.20 Å². The van der Waals surface area contributed by atoms with Gasteiger partial charge in [-0.15, -0.1) is 0 Å². The van der Waals surface area contributed by atoms with E-state index in [0.717, 1.165) is 45.4 Å². The minimum absolute atomic E-state index is 0.532. The highest BCUT2D eigenvalue weighted by molar-refractivity contribution is 7.10. The number of nitrogens with zero attached hydrogens (tertiary/aromatic N) is 5. The predicted molar refractivity (Wildman–Crippen MR) is 123 cm³/mol. The van der Waals surface area contributed by atoms with Crippen molar-refractivity contribution in [2.45, 2.75) is 25.8 Å². The fourth-order valence-electron chi connectivity index (χ4n) is 3.78. The van der Waals surface area contributed by atoms with Crippen LogP contribution < -0.4 is 10.6 Å². The Morgan fingerprint density at radius 3 is 3.16 bits per heavy atom. The highest BCUT2D eigenvalue weighted by Gasteiger charge is 2.31. The number of hydrogen-bond donors (Lipinski definition) is 2. The molecule has 6 rings (SSSR count). The van der Waals surface area contributed by atoms with E-state index >= 15 is 0 Å². The van der Waals surface area contributed by atoms with Gasteiger partial charge in [0.1, 0.15) is 5.00 Å². The number of hydrogen-bond acceptors (Lipinski definition) is 7.